The minimum Gasteiger partial charge on any atom is -0.322 e. The Morgan fingerprint density at radius 3 is 3.00 bits per heavy atom. The van der Waals surface area contributed by atoms with Crippen LogP contribution in [0.5, 0.6) is 0 Å². The molecule has 0 bridgehead atoms. The van der Waals surface area contributed by atoms with Gasteiger partial charge in [-0.2, -0.15) is 5.10 Å². The van der Waals surface area contributed by atoms with Crippen molar-refractivity contribution in [3.8, 4) is 0 Å². The third-order valence-corrected chi connectivity index (χ3v) is 3.57. The van der Waals surface area contributed by atoms with Crippen molar-refractivity contribution in [1.82, 2.24) is 14.8 Å². The van der Waals surface area contributed by atoms with E-state index in [0.717, 1.165) is 24.2 Å². The maximum Gasteiger partial charge on any atom is 0.0795 e. The first-order valence-electron chi connectivity index (χ1n) is 5.88. The van der Waals surface area contributed by atoms with Crippen molar-refractivity contribution >= 4 is 11.3 Å². The molecular weight excluding hydrogens is 232 g/mol. The van der Waals surface area contributed by atoms with E-state index in [1.807, 2.05) is 27.8 Å². The lowest BCUT2D eigenvalue weighted by Gasteiger charge is -2.09. The largest absolute Gasteiger partial charge is 0.322 e. The molecule has 2 aromatic heterocycles. The molecule has 0 amide bonds. The maximum absolute atomic E-state index is 6.08. The SMILES string of the molecule is CCC(C)n1ccc(CC(N)c2cscn2)n1. The van der Waals surface area contributed by atoms with Gasteiger partial charge in [-0.05, 0) is 19.4 Å². The fraction of sp³-hybridized carbons (Fsp3) is 0.500. The second-order valence-electron chi connectivity index (χ2n) is 4.27. The van der Waals surface area contributed by atoms with Gasteiger partial charge in [0.05, 0.1) is 22.9 Å². The fourth-order valence-corrected chi connectivity index (χ4v) is 2.27. The molecule has 2 rings (SSSR count). The lowest BCUT2D eigenvalue weighted by molar-refractivity contribution is 0.471. The van der Waals surface area contributed by atoms with Crippen molar-refractivity contribution in [2.75, 3.05) is 0 Å². The summed E-state index contributed by atoms with van der Waals surface area (Å²) in [6, 6.07) is 2.43. The highest BCUT2D eigenvalue weighted by atomic mass is 32.1. The molecule has 0 aliphatic carbocycles. The first kappa shape index (κ1) is 12.3. The van der Waals surface area contributed by atoms with Crippen LogP contribution in [0.2, 0.25) is 0 Å². The quantitative estimate of drug-likeness (QED) is 0.887. The highest BCUT2D eigenvalue weighted by Gasteiger charge is 2.11. The fourth-order valence-electron chi connectivity index (χ4n) is 1.65. The minimum atomic E-state index is -0.0541. The van der Waals surface area contributed by atoms with E-state index in [9.17, 15) is 0 Å². The average molecular weight is 250 g/mol. The molecule has 0 radical (unpaired) electrons. The van der Waals surface area contributed by atoms with Gasteiger partial charge in [-0.25, -0.2) is 4.98 Å². The lowest BCUT2D eigenvalue weighted by atomic mass is 10.1. The third kappa shape index (κ3) is 2.92. The molecule has 2 N–H and O–H groups in total. The van der Waals surface area contributed by atoms with Crippen LogP contribution in [0.15, 0.2) is 23.2 Å². The molecule has 17 heavy (non-hydrogen) atoms. The van der Waals surface area contributed by atoms with E-state index in [-0.39, 0.29) is 6.04 Å². The summed E-state index contributed by atoms with van der Waals surface area (Å²) in [5, 5.41) is 6.54. The number of nitrogens with zero attached hydrogens (tertiary/aromatic N) is 3. The van der Waals surface area contributed by atoms with Crippen LogP contribution >= 0.6 is 11.3 Å². The Balaban J connectivity index is 2.02. The van der Waals surface area contributed by atoms with Gasteiger partial charge in [-0.3, -0.25) is 4.68 Å². The standard InChI is InChI=1S/C12H18N4S/c1-3-9(2)16-5-4-10(15-16)6-11(13)12-7-17-8-14-12/h4-5,7-9,11H,3,6,13H2,1-2H3. The molecule has 92 valence electrons. The Labute approximate surface area is 105 Å². The Bertz CT molecular complexity index is 449. The van der Waals surface area contributed by atoms with Gasteiger partial charge in [0.25, 0.3) is 0 Å². The zero-order valence-corrected chi connectivity index (χ0v) is 11.0. The molecule has 0 aliphatic rings. The van der Waals surface area contributed by atoms with E-state index in [2.05, 4.69) is 23.9 Å². The first-order chi connectivity index (χ1) is 8.20. The van der Waals surface area contributed by atoms with E-state index >= 15 is 0 Å². The average Bonchev–Trinajstić information content (AvgIpc) is 2.98. The van der Waals surface area contributed by atoms with Gasteiger partial charge in [0.1, 0.15) is 0 Å². The van der Waals surface area contributed by atoms with Crippen LogP contribution in [0.4, 0.5) is 0 Å². The molecule has 5 heteroatoms. The van der Waals surface area contributed by atoms with E-state index in [1.54, 1.807) is 11.3 Å². The summed E-state index contributed by atoms with van der Waals surface area (Å²) >= 11 is 1.58. The minimum absolute atomic E-state index is 0.0541. The summed E-state index contributed by atoms with van der Waals surface area (Å²) in [6.45, 7) is 4.32. The normalized spacial score (nSPS) is 14.8. The van der Waals surface area contributed by atoms with E-state index < -0.39 is 0 Å². The molecule has 0 fully saturated rings. The second-order valence-corrected chi connectivity index (χ2v) is 4.99. The predicted molar refractivity (Wildman–Crippen MR) is 70.0 cm³/mol. The van der Waals surface area contributed by atoms with Gasteiger partial charge in [0.15, 0.2) is 0 Å². The maximum atomic E-state index is 6.08. The van der Waals surface area contributed by atoms with Crippen LogP contribution in [0.25, 0.3) is 0 Å². The molecule has 2 aromatic rings. The monoisotopic (exact) mass is 250 g/mol. The Kier molecular flexibility index (Phi) is 3.91. The summed E-state index contributed by atoms with van der Waals surface area (Å²) in [4.78, 5) is 4.23. The van der Waals surface area contributed by atoms with Gasteiger partial charge in [0.2, 0.25) is 0 Å². The van der Waals surface area contributed by atoms with Crippen LogP contribution in [-0.4, -0.2) is 14.8 Å². The Morgan fingerprint density at radius 1 is 1.53 bits per heavy atom. The van der Waals surface area contributed by atoms with E-state index in [4.69, 9.17) is 5.73 Å². The smallest absolute Gasteiger partial charge is 0.0795 e. The predicted octanol–water partition coefficient (Wildman–Crippen LogP) is 2.55. The van der Waals surface area contributed by atoms with Gasteiger partial charge >= 0.3 is 0 Å². The summed E-state index contributed by atoms with van der Waals surface area (Å²) in [6.07, 6.45) is 3.85. The molecule has 0 saturated carbocycles. The molecule has 2 atom stereocenters. The molecule has 0 aromatic carbocycles. The molecular formula is C12H18N4S. The topological polar surface area (TPSA) is 56.7 Å². The van der Waals surface area contributed by atoms with Crippen molar-refractivity contribution in [3.63, 3.8) is 0 Å². The van der Waals surface area contributed by atoms with Crippen LogP contribution in [0.3, 0.4) is 0 Å². The number of thiazole rings is 1. The van der Waals surface area contributed by atoms with Crippen LogP contribution in [0.1, 0.15) is 43.7 Å². The van der Waals surface area contributed by atoms with E-state index in [1.165, 1.54) is 0 Å². The van der Waals surface area contributed by atoms with Crippen molar-refractivity contribution in [2.45, 2.75) is 38.8 Å². The van der Waals surface area contributed by atoms with Crippen molar-refractivity contribution in [3.05, 3.63) is 34.5 Å². The summed E-state index contributed by atoms with van der Waals surface area (Å²) in [5.41, 5.74) is 9.88. The van der Waals surface area contributed by atoms with Gasteiger partial charge in [-0.15, -0.1) is 11.3 Å². The third-order valence-electron chi connectivity index (χ3n) is 2.97. The zero-order chi connectivity index (χ0) is 12.3. The Morgan fingerprint density at radius 2 is 2.35 bits per heavy atom. The molecule has 4 nitrogen and oxygen atoms in total. The molecule has 2 heterocycles. The summed E-state index contributed by atoms with van der Waals surface area (Å²) in [5.74, 6) is 0. The van der Waals surface area contributed by atoms with E-state index in [0.29, 0.717) is 6.04 Å². The number of hydrogen-bond acceptors (Lipinski definition) is 4. The highest BCUT2D eigenvalue weighted by molar-refractivity contribution is 7.07. The van der Waals surface area contributed by atoms with Crippen molar-refractivity contribution in [1.29, 1.82) is 0 Å². The Hall–Kier alpha value is -1.20. The van der Waals surface area contributed by atoms with Gasteiger partial charge in [-0.1, -0.05) is 6.92 Å². The van der Waals surface area contributed by atoms with Gasteiger partial charge < -0.3 is 5.73 Å². The number of hydrogen-bond donors (Lipinski definition) is 1. The van der Waals surface area contributed by atoms with Crippen LogP contribution in [0, 0.1) is 0 Å². The van der Waals surface area contributed by atoms with Gasteiger partial charge in [0, 0.05) is 24.0 Å². The van der Waals surface area contributed by atoms with Crippen LogP contribution < -0.4 is 5.73 Å². The lowest BCUT2D eigenvalue weighted by Crippen LogP contribution is -2.14. The molecule has 0 saturated heterocycles. The number of aromatic nitrogens is 3. The highest BCUT2D eigenvalue weighted by Crippen LogP contribution is 2.16. The summed E-state index contributed by atoms with van der Waals surface area (Å²) < 4.78 is 2.00. The van der Waals surface area contributed by atoms with Crippen molar-refractivity contribution in [2.24, 2.45) is 5.73 Å². The number of nitrogens with two attached hydrogens (primary N) is 1. The zero-order valence-electron chi connectivity index (χ0n) is 10.2. The molecule has 0 aliphatic heterocycles. The second kappa shape index (κ2) is 5.42. The first-order valence-corrected chi connectivity index (χ1v) is 6.82. The summed E-state index contributed by atoms with van der Waals surface area (Å²) in [7, 11) is 0. The number of rotatable bonds is 5. The van der Waals surface area contributed by atoms with Crippen LogP contribution in [-0.2, 0) is 6.42 Å². The molecule has 2 unspecified atom stereocenters. The van der Waals surface area contributed by atoms with Crippen molar-refractivity contribution < 1.29 is 0 Å². The molecule has 0 spiro atoms.